The molecule has 6 nitrogen and oxygen atoms in total. The molecule has 0 aromatic carbocycles. The molecule has 0 saturated carbocycles. The fourth-order valence-electron chi connectivity index (χ4n) is 4.68. The molecule has 4 aliphatic heterocycles. The first-order valence-electron chi connectivity index (χ1n) is 9.69. The van der Waals surface area contributed by atoms with Gasteiger partial charge in [0.05, 0.1) is 18.6 Å². The second kappa shape index (κ2) is 7.68. The van der Waals surface area contributed by atoms with E-state index >= 15 is 0 Å². The van der Waals surface area contributed by atoms with Gasteiger partial charge in [-0.05, 0) is 44.4 Å². The van der Waals surface area contributed by atoms with Crippen molar-refractivity contribution in [3.05, 3.63) is 0 Å². The van der Waals surface area contributed by atoms with Gasteiger partial charge < -0.3 is 9.47 Å². The molecular formula is C18H30N2O4. The Labute approximate surface area is 144 Å². The topological polar surface area (TPSA) is 51.2 Å². The zero-order valence-electron chi connectivity index (χ0n) is 14.5. The van der Waals surface area contributed by atoms with E-state index in [0.29, 0.717) is 18.6 Å². The van der Waals surface area contributed by atoms with E-state index in [9.17, 15) is 4.79 Å². The van der Waals surface area contributed by atoms with Crippen molar-refractivity contribution in [3.8, 4) is 0 Å². The number of nitrogens with zero attached hydrogens (tertiary/aromatic N) is 2. The summed E-state index contributed by atoms with van der Waals surface area (Å²) >= 11 is 0. The van der Waals surface area contributed by atoms with Gasteiger partial charge in [-0.25, -0.2) is 5.06 Å². The molecule has 4 rings (SSSR count). The van der Waals surface area contributed by atoms with Crippen molar-refractivity contribution in [2.75, 3.05) is 46.1 Å². The predicted octanol–water partition coefficient (Wildman–Crippen LogP) is 1.45. The maximum Gasteiger partial charge on any atom is 0.250 e. The highest BCUT2D eigenvalue weighted by Crippen LogP contribution is 2.34. The fourth-order valence-corrected chi connectivity index (χ4v) is 4.68. The third kappa shape index (κ3) is 3.62. The standard InChI is InChI=1S/C18H30N2O4/c21-18(20-6-1-2-7-24-20)15-11-17-16(5-10-23-17)19(13-15)12-14-3-8-22-9-4-14/h14-17H,1-13H2/t15-,16+,17+/m0/s1. The van der Waals surface area contributed by atoms with Gasteiger partial charge in [0, 0.05) is 45.5 Å². The van der Waals surface area contributed by atoms with Crippen molar-refractivity contribution in [3.63, 3.8) is 0 Å². The molecule has 0 spiro atoms. The van der Waals surface area contributed by atoms with Crippen LogP contribution in [0.2, 0.25) is 0 Å². The Bertz CT molecular complexity index is 435. The van der Waals surface area contributed by atoms with Crippen LogP contribution >= 0.6 is 0 Å². The Morgan fingerprint density at radius 3 is 2.71 bits per heavy atom. The zero-order valence-corrected chi connectivity index (χ0v) is 14.5. The Morgan fingerprint density at radius 1 is 1.04 bits per heavy atom. The van der Waals surface area contributed by atoms with E-state index in [2.05, 4.69) is 4.90 Å². The minimum Gasteiger partial charge on any atom is -0.381 e. The number of carbonyl (C=O) groups excluding carboxylic acids is 1. The summed E-state index contributed by atoms with van der Waals surface area (Å²) in [6, 6.07) is 0.499. The second-order valence-corrected chi connectivity index (χ2v) is 7.69. The van der Waals surface area contributed by atoms with Gasteiger partial charge in [-0.3, -0.25) is 14.5 Å². The monoisotopic (exact) mass is 338 g/mol. The molecule has 4 heterocycles. The highest BCUT2D eigenvalue weighted by molar-refractivity contribution is 5.78. The molecule has 6 heteroatoms. The smallest absolute Gasteiger partial charge is 0.250 e. The Balaban J connectivity index is 1.41. The molecule has 0 radical (unpaired) electrons. The van der Waals surface area contributed by atoms with Crippen LogP contribution in [0, 0.1) is 11.8 Å². The van der Waals surface area contributed by atoms with Crippen molar-refractivity contribution < 1.29 is 19.1 Å². The number of ether oxygens (including phenoxy) is 2. The maximum atomic E-state index is 12.9. The average molecular weight is 338 g/mol. The van der Waals surface area contributed by atoms with Crippen LogP contribution in [0.4, 0.5) is 0 Å². The number of fused-ring (bicyclic) bond motifs is 1. The molecule has 4 aliphatic rings. The number of likely N-dealkylation sites (tertiary alicyclic amines) is 1. The highest BCUT2D eigenvalue weighted by atomic mass is 16.7. The zero-order chi connectivity index (χ0) is 16.4. The minimum absolute atomic E-state index is 0.0160. The number of piperidine rings is 1. The van der Waals surface area contributed by atoms with Gasteiger partial charge in [0.1, 0.15) is 0 Å². The third-order valence-electron chi connectivity index (χ3n) is 6.05. The summed E-state index contributed by atoms with van der Waals surface area (Å²) in [5.74, 6) is 0.878. The minimum atomic E-state index is 0.0160. The van der Waals surface area contributed by atoms with Crippen molar-refractivity contribution in [1.29, 1.82) is 0 Å². The molecule has 0 N–H and O–H groups in total. The summed E-state index contributed by atoms with van der Waals surface area (Å²) in [4.78, 5) is 21.0. The van der Waals surface area contributed by atoms with Crippen molar-refractivity contribution in [1.82, 2.24) is 9.96 Å². The molecule has 4 fully saturated rings. The first kappa shape index (κ1) is 16.8. The van der Waals surface area contributed by atoms with Crippen molar-refractivity contribution in [2.45, 2.75) is 50.7 Å². The number of hydroxylamine groups is 2. The molecule has 24 heavy (non-hydrogen) atoms. The van der Waals surface area contributed by atoms with Crippen LogP contribution in [-0.4, -0.2) is 74.1 Å². The van der Waals surface area contributed by atoms with Crippen LogP contribution in [0.25, 0.3) is 0 Å². The summed E-state index contributed by atoms with van der Waals surface area (Å²) in [5, 5.41) is 1.62. The van der Waals surface area contributed by atoms with E-state index in [-0.39, 0.29) is 17.9 Å². The summed E-state index contributed by atoms with van der Waals surface area (Å²) in [5.41, 5.74) is 0. The predicted molar refractivity (Wildman–Crippen MR) is 88.3 cm³/mol. The van der Waals surface area contributed by atoms with Crippen molar-refractivity contribution >= 4 is 5.91 Å². The molecule has 0 unspecified atom stereocenters. The second-order valence-electron chi connectivity index (χ2n) is 7.69. The first-order valence-corrected chi connectivity index (χ1v) is 9.69. The van der Waals surface area contributed by atoms with Crippen LogP contribution in [-0.2, 0) is 19.1 Å². The number of hydrogen-bond donors (Lipinski definition) is 0. The summed E-state index contributed by atoms with van der Waals surface area (Å²) in [6.45, 7) is 5.96. The van der Waals surface area contributed by atoms with Gasteiger partial charge in [0.15, 0.2) is 0 Å². The van der Waals surface area contributed by atoms with Crippen LogP contribution in [0.1, 0.15) is 38.5 Å². The van der Waals surface area contributed by atoms with Gasteiger partial charge in [-0.1, -0.05) is 0 Å². The maximum absolute atomic E-state index is 12.9. The molecular weight excluding hydrogens is 308 g/mol. The number of carbonyl (C=O) groups is 1. The quantitative estimate of drug-likeness (QED) is 0.779. The van der Waals surface area contributed by atoms with Crippen LogP contribution in [0.5, 0.6) is 0 Å². The lowest BCUT2D eigenvalue weighted by molar-refractivity contribution is -0.204. The van der Waals surface area contributed by atoms with Crippen LogP contribution in [0.3, 0.4) is 0 Å². The highest BCUT2D eigenvalue weighted by Gasteiger charge is 2.44. The summed E-state index contributed by atoms with van der Waals surface area (Å²) < 4.78 is 11.5. The SMILES string of the molecule is O=C([C@H]1C[C@H]2OCC[C@H]2N(CC2CCOCC2)C1)N1CCCCO1. The van der Waals surface area contributed by atoms with E-state index in [1.54, 1.807) is 5.06 Å². The molecule has 0 aromatic heterocycles. The van der Waals surface area contributed by atoms with E-state index < -0.39 is 0 Å². The molecule has 4 saturated heterocycles. The molecule has 1 amide bonds. The summed E-state index contributed by atoms with van der Waals surface area (Å²) in [6.07, 6.45) is 6.57. The summed E-state index contributed by atoms with van der Waals surface area (Å²) in [7, 11) is 0. The van der Waals surface area contributed by atoms with E-state index in [1.165, 1.54) is 0 Å². The normalized spacial score (nSPS) is 35.8. The molecule has 0 aliphatic carbocycles. The van der Waals surface area contributed by atoms with Crippen molar-refractivity contribution in [2.24, 2.45) is 11.8 Å². The number of hydrogen-bond acceptors (Lipinski definition) is 5. The van der Waals surface area contributed by atoms with Crippen LogP contribution in [0.15, 0.2) is 0 Å². The van der Waals surface area contributed by atoms with Gasteiger partial charge in [-0.15, -0.1) is 0 Å². The Morgan fingerprint density at radius 2 is 1.92 bits per heavy atom. The molecule has 136 valence electrons. The molecule has 3 atom stereocenters. The Kier molecular flexibility index (Phi) is 5.37. The molecule has 0 aromatic rings. The van der Waals surface area contributed by atoms with Gasteiger partial charge in [0.2, 0.25) is 0 Å². The fraction of sp³-hybridized carbons (Fsp3) is 0.944. The van der Waals surface area contributed by atoms with E-state index in [1.807, 2.05) is 0 Å². The number of amides is 1. The molecule has 0 bridgehead atoms. The lowest BCUT2D eigenvalue weighted by Crippen LogP contribution is -2.55. The average Bonchev–Trinajstić information content (AvgIpc) is 3.11. The van der Waals surface area contributed by atoms with E-state index in [4.69, 9.17) is 14.3 Å². The third-order valence-corrected chi connectivity index (χ3v) is 6.05. The number of rotatable bonds is 3. The Hall–Kier alpha value is -0.690. The first-order chi connectivity index (χ1) is 11.8. The lowest BCUT2D eigenvalue weighted by Gasteiger charge is -2.43. The lowest BCUT2D eigenvalue weighted by atomic mass is 9.87. The van der Waals surface area contributed by atoms with Crippen LogP contribution < -0.4 is 0 Å². The van der Waals surface area contributed by atoms with Gasteiger partial charge >= 0.3 is 0 Å². The largest absolute Gasteiger partial charge is 0.381 e. The van der Waals surface area contributed by atoms with E-state index in [0.717, 1.165) is 78.0 Å². The van der Waals surface area contributed by atoms with Gasteiger partial charge in [-0.2, -0.15) is 0 Å². The van der Waals surface area contributed by atoms with Gasteiger partial charge in [0.25, 0.3) is 5.91 Å².